The van der Waals surface area contributed by atoms with Crippen molar-refractivity contribution in [1.29, 1.82) is 0 Å². The van der Waals surface area contributed by atoms with Crippen molar-refractivity contribution < 1.29 is 19.4 Å². The summed E-state index contributed by atoms with van der Waals surface area (Å²) in [5.41, 5.74) is 6.18. The normalized spacial score (nSPS) is 11.8. The summed E-state index contributed by atoms with van der Waals surface area (Å²) in [7, 11) is 0. The van der Waals surface area contributed by atoms with E-state index in [-0.39, 0.29) is 18.3 Å². The Balaban J connectivity index is 1.83. The van der Waals surface area contributed by atoms with Crippen LogP contribution in [0.2, 0.25) is 0 Å². The molecule has 0 saturated heterocycles. The summed E-state index contributed by atoms with van der Waals surface area (Å²) in [5.74, 6) is 0.505. The second kappa shape index (κ2) is 13.2. The highest BCUT2D eigenvalue weighted by Gasteiger charge is 2.21. The van der Waals surface area contributed by atoms with Crippen molar-refractivity contribution in [3.05, 3.63) is 94.5 Å². The van der Waals surface area contributed by atoms with E-state index >= 15 is 0 Å². The molecule has 3 rings (SSSR count). The first-order valence-electron chi connectivity index (χ1n) is 11.7. The maximum absolute atomic E-state index is 13.3. The molecule has 184 valence electrons. The lowest BCUT2D eigenvalue weighted by Gasteiger charge is -2.18. The lowest BCUT2D eigenvalue weighted by Crippen LogP contribution is -2.40. The van der Waals surface area contributed by atoms with Crippen molar-refractivity contribution in [1.82, 2.24) is 5.32 Å². The zero-order chi connectivity index (χ0) is 25.2. The van der Waals surface area contributed by atoms with Crippen LogP contribution in [0.1, 0.15) is 46.0 Å². The lowest BCUT2D eigenvalue weighted by molar-refractivity contribution is -0.118. The van der Waals surface area contributed by atoms with E-state index in [1.165, 1.54) is 6.92 Å². The number of ketones is 1. The maximum Gasteiger partial charge on any atom is 0.252 e. The number of ether oxygens (including phenoxy) is 1. The third kappa shape index (κ3) is 7.52. The molecule has 2 N–H and O–H groups in total. The van der Waals surface area contributed by atoms with Crippen LogP contribution in [0.15, 0.2) is 66.7 Å². The van der Waals surface area contributed by atoms with E-state index in [0.717, 1.165) is 39.1 Å². The third-order valence-electron chi connectivity index (χ3n) is 5.88. The molecule has 0 aromatic heterocycles. The molecule has 0 spiro atoms. The van der Waals surface area contributed by atoms with Crippen LogP contribution in [-0.4, -0.2) is 34.8 Å². The van der Waals surface area contributed by atoms with Gasteiger partial charge in [-0.3, -0.25) is 9.59 Å². The predicted octanol–water partition coefficient (Wildman–Crippen LogP) is 5.31. The smallest absolute Gasteiger partial charge is 0.252 e. The van der Waals surface area contributed by atoms with Crippen molar-refractivity contribution >= 4 is 23.5 Å². The zero-order valence-corrected chi connectivity index (χ0v) is 21.4. The van der Waals surface area contributed by atoms with Crippen LogP contribution in [-0.2, 0) is 29.4 Å². The Morgan fingerprint density at radius 1 is 0.943 bits per heavy atom. The molecule has 0 heterocycles. The van der Waals surface area contributed by atoms with Gasteiger partial charge in [0.15, 0.2) is 5.78 Å². The number of thioether (sulfide) groups is 1. The molecule has 3 aromatic rings. The first kappa shape index (κ1) is 26.7. The molecule has 1 atom stereocenters. The van der Waals surface area contributed by atoms with Crippen LogP contribution >= 0.6 is 11.8 Å². The minimum Gasteiger partial charge on any atom is -0.392 e. The topological polar surface area (TPSA) is 75.6 Å². The second-order valence-electron chi connectivity index (χ2n) is 8.58. The number of hydrogen-bond donors (Lipinski definition) is 2. The summed E-state index contributed by atoms with van der Waals surface area (Å²) in [6.07, 6.45) is 2.59. The second-order valence-corrected chi connectivity index (χ2v) is 9.57. The summed E-state index contributed by atoms with van der Waals surface area (Å²) >= 11 is 1.65. The largest absolute Gasteiger partial charge is 0.392 e. The fourth-order valence-corrected chi connectivity index (χ4v) is 4.40. The van der Waals surface area contributed by atoms with Gasteiger partial charge in [-0.05, 0) is 77.8 Å². The molecule has 0 fully saturated rings. The van der Waals surface area contributed by atoms with Gasteiger partial charge in [-0.15, -0.1) is 0 Å². The zero-order valence-electron chi connectivity index (χ0n) is 20.5. The Labute approximate surface area is 211 Å². The number of carbonyl (C=O) groups excluding carboxylic acids is 2. The number of benzene rings is 3. The average molecular weight is 492 g/mol. The third-order valence-corrected chi connectivity index (χ3v) is 6.53. The van der Waals surface area contributed by atoms with Crippen LogP contribution in [0.5, 0.6) is 0 Å². The standard InChI is InChI=1S/C29H33NO4S/c1-20-7-4-5-10-25(20)27-16-24(19-34-18-23-9-6-8-22(15-23)17-31)11-12-26(27)29(33)30-28(21(2)32)13-14-35-3/h4-12,15-16,28,31H,13-14,17-19H2,1-3H3,(H,30,33)/t28-/m0/s1. The van der Waals surface area contributed by atoms with Gasteiger partial charge in [-0.25, -0.2) is 0 Å². The van der Waals surface area contributed by atoms with Gasteiger partial charge in [0.25, 0.3) is 5.91 Å². The average Bonchev–Trinajstić information content (AvgIpc) is 2.86. The Hall–Kier alpha value is -2.93. The first-order chi connectivity index (χ1) is 16.9. The molecule has 0 saturated carbocycles. The molecule has 1 amide bonds. The minimum absolute atomic E-state index is 0.00107. The van der Waals surface area contributed by atoms with Crippen molar-refractivity contribution in [3.8, 4) is 11.1 Å². The van der Waals surface area contributed by atoms with Gasteiger partial charge >= 0.3 is 0 Å². The Morgan fingerprint density at radius 2 is 1.66 bits per heavy atom. The quantitative estimate of drug-likeness (QED) is 0.359. The van der Waals surface area contributed by atoms with Gasteiger partial charge in [0.05, 0.1) is 25.9 Å². The van der Waals surface area contributed by atoms with E-state index < -0.39 is 6.04 Å². The van der Waals surface area contributed by atoms with Crippen molar-refractivity contribution in [2.45, 2.75) is 46.1 Å². The maximum atomic E-state index is 13.3. The van der Waals surface area contributed by atoms with E-state index in [9.17, 15) is 14.7 Å². The van der Waals surface area contributed by atoms with Gasteiger partial charge < -0.3 is 15.2 Å². The highest BCUT2D eigenvalue weighted by Crippen LogP contribution is 2.29. The number of aliphatic hydroxyl groups is 1. The molecule has 0 aliphatic carbocycles. The number of aryl methyl sites for hydroxylation is 1. The summed E-state index contributed by atoms with van der Waals surface area (Å²) in [4.78, 5) is 25.4. The summed E-state index contributed by atoms with van der Waals surface area (Å²) < 4.78 is 5.94. The molecule has 0 aliphatic rings. The van der Waals surface area contributed by atoms with Gasteiger partial charge in [-0.1, -0.05) is 54.6 Å². The molecular formula is C29H33NO4S. The van der Waals surface area contributed by atoms with E-state index in [4.69, 9.17) is 4.74 Å². The monoisotopic (exact) mass is 491 g/mol. The SMILES string of the molecule is CSCC[C@H](NC(=O)c1ccc(COCc2cccc(CO)c2)cc1-c1ccccc1C)C(C)=O. The number of Topliss-reactive ketones (excluding diaryl/α,β-unsaturated/α-hetero) is 1. The van der Waals surface area contributed by atoms with E-state index in [0.29, 0.717) is 25.2 Å². The fraction of sp³-hybridized carbons (Fsp3) is 0.310. The predicted molar refractivity (Wildman–Crippen MR) is 142 cm³/mol. The van der Waals surface area contributed by atoms with Gasteiger partial charge in [0.2, 0.25) is 0 Å². The van der Waals surface area contributed by atoms with Gasteiger partial charge in [0, 0.05) is 5.56 Å². The molecule has 0 bridgehead atoms. The number of carbonyl (C=O) groups is 2. The van der Waals surface area contributed by atoms with Crippen LogP contribution < -0.4 is 5.32 Å². The molecule has 0 radical (unpaired) electrons. The highest BCUT2D eigenvalue weighted by atomic mass is 32.2. The molecule has 0 aliphatic heterocycles. The highest BCUT2D eigenvalue weighted by molar-refractivity contribution is 7.98. The van der Waals surface area contributed by atoms with Crippen molar-refractivity contribution in [2.75, 3.05) is 12.0 Å². The number of rotatable bonds is 12. The van der Waals surface area contributed by atoms with Crippen LogP contribution in [0.4, 0.5) is 0 Å². The van der Waals surface area contributed by atoms with Gasteiger partial charge in [0.1, 0.15) is 0 Å². The van der Waals surface area contributed by atoms with Crippen molar-refractivity contribution in [2.24, 2.45) is 0 Å². The van der Waals surface area contributed by atoms with E-state index in [1.807, 2.05) is 79.9 Å². The summed E-state index contributed by atoms with van der Waals surface area (Å²) in [6, 6.07) is 20.8. The van der Waals surface area contributed by atoms with Crippen LogP contribution in [0.25, 0.3) is 11.1 Å². The number of amides is 1. The molecule has 3 aromatic carbocycles. The Morgan fingerprint density at radius 3 is 2.34 bits per heavy atom. The van der Waals surface area contributed by atoms with Crippen molar-refractivity contribution in [3.63, 3.8) is 0 Å². The van der Waals surface area contributed by atoms with E-state index in [2.05, 4.69) is 5.32 Å². The molecule has 5 nitrogen and oxygen atoms in total. The number of nitrogens with one attached hydrogen (secondary N) is 1. The Bertz CT molecular complexity index is 1160. The Kier molecular flexibility index (Phi) is 10.1. The first-order valence-corrected chi connectivity index (χ1v) is 13.1. The molecule has 6 heteroatoms. The fourth-order valence-electron chi connectivity index (χ4n) is 3.93. The minimum atomic E-state index is -0.502. The number of aliphatic hydroxyl groups excluding tert-OH is 1. The van der Waals surface area contributed by atoms with Gasteiger partial charge in [-0.2, -0.15) is 11.8 Å². The molecule has 35 heavy (non-hydrogen) atoms. The summed E-state index contributed by atoms with van der Waals surface area (Å²) in [6.45, 7) is 4.34. The van der Waals surface area contributed by atoms with Crippen LogP contribution in [0.3, 0.4) is 0 Å². The lowest BCUT2D eigenvalue weighted by atomic mass is 9.93. The van der Waals surface area contributed by atoms with Crippen LogP contribution in [0, 0.1) is 6.92 Å². The molecule has 0 unspecified atom stereocenters. The number of hydrogen-bond acceptors (Lipinski definition) is 5. The van der Waals surface area contributed by atoms with E-state index in [1.54, 1.807) is 11.8 Å². The molecular weight excluding hydrogens is 458 g/mol. The summed E-state index contributed by atoms with van der Waals surface area (Å²) in [5, 5.41) is 12.3.